The lowest BCUT2D eigenvalue weighted by atomic mass is 9.76. The molecule has 1 atom stereocenters. The Balaban J connectivity index is 2.11. The van der Waals surface area contributed by atoms with E-state index >= 15 is 0 Å². The van der Waals surface area contributed by atoms with Gasteiger partial charge in [-0.05, 0) is 29.7 Å². The van der Waals surface area contributed by atoms with E-state index in [2.05, 4.69) is 104 Å². The molecule has 0 aliphatic heterocycles. The molecular weight excluding hydrogens is 368 g/mol. The fourth-order valence-electron chi connectivity index (χ4n) is 4.34. The van der Waals surface area contributed by atoms with Crippen LogP contribution in [-0.2, 0) is 5.54 Å². The van der Waals surface area contributed by atoms with E-state index in [1.54, 1.807) is 0 Å². The summed E-state index contributed by atoms with van der Waals surface area (Å²) >= 11 is 0. The van der Waals surface area contributed by atoms with Gasteiger partial charge in [-0.3, -0.25) is 5.32 Å². The van der Waals surface area contributed by atoms with Crippen LogP contribution >= 0.6 is 0 Å². The molecule has 0 aliphatic rings. The van der Waals surface area contributed by atoms with Crippen LogP contribution in [0.5, 0.6) is 0 Å². The molecule has 0 fully saturated rings. The van der Waals surface area contributed by atoms with Crippen molar-refractivity contribution in [3.63, 3.8) is 0 Å². The number of hydrogen-bond donors (Lipinski definition) is 2. The number of likely N-dealkylation sites (N-methyl/N-ethyl adjacent to an activating group) is 1. The summed E-state index contributed by atoms with van der Waals surface area (Å²) in [6.07, 6.45) is 0. The molecule has 0 saturated carbocycles. The topological polar surface area (TPSA) is 35.5 Å². The van der Waals surface area contributed by atoms with Gasteiger partial charge >= 0.3 is 0 Å². The molecule has 3 aromatic carbocycles. The second-order valence-electron chi connectivity index (χ2n) is 8.49. The van der Waals surface area contributed by atoms with E-state index < -0.39 is 5.54 Å². The van der Waals surface area contributed by atoms with Gasteiger partial charge in [0.05, 0.1) is 12.1 Å². The summed E-state index contributed by atoms with van der Waals surface area (Å²) in [5, 5.41) is 14.2. The maximum atomic E-state index is 10.3. The SMILES string of the molecule is CC(C)CN(C)CC(CO)NC(c1ccccc1)(c1ccccc1)c1ccccc1. The third kappa shape index (κ3) is 5.17. The minimum atomic E-state index is -0.560. The van der Waals surface area contributed by atoms with E-state index in [4.69, 9.17) is 0 Å². The molecule has 0 heterocycles. The molecule has 3 aromatic rings. The highest BCUT2D eigenvalue weighted by Crippen LogP contribution is 2.37. The smallest absolute Gasteiger partial charge is 0.0951 e. The lowest BCUT2D eigenvalue weighted by molar-refractivity contribution is 0.174. The zero-order valence-electron chi connectivity index (χ0n) is 18.3. The van der Waals surface area contributed by atoms with Gasteiger partial charge in [-0.1, -0.05) is 105 Å². The van der Waals surface area contributed by atoms with Crippen LogP contribution in [0.1, 0.15) is 30.5 Å². The van der Waals surface area contributed by atoms with E-state index in [0.717, 1.165) is 29.8 Å². The Bertz CT molecular complexity index is 768. The predicted octanol–water partition coefficient (Wildman–Crippen LogP) is 4.52. The average Bonchev–Trinajstić information content (AvgIpc) is 2.78. The van der Waals surface area contributed by atoms with Crippen molar-refractivity contribution in [1.29, 1.82) is 0 Å². The van der Waals surface area contributed by atoms with Crippen LogP contribution in [0.15, 0.2) is 91.0 Å². The number of aliphatic hydroxyl groups is 1. The Kier molecular flexibility index (Phi) is 7.81. The number of hydrogen-bond acceptors (Lipinski definition) is 3. The van der Waals surface area contributed by atoms with Gasteiger partial charge < -0.3 is 10.0 Å². The first kappa shape index (κ1) is 22.2. The maximum absolute atomic E-state index is 10.3. The normalized spacial score (nSPS) is 13.0. The number of rotatable bonds is 10. The van der Waals surface area contributed by atoms with Crippen LogP contribution in [0.4, 0.5) is 0 Å². The summed E-state index contributed by atoms with van der Waals surface area (Å²) in [7, 11) is 2.12. The average molecular weight is 403 g/mol. The van der Waals surface area contributed by atoms with Crippen LogP contribution in [-0.4, -0.2) is 42.8 Å². The highest BCUT2D eigenvalue weighted by Gasteiger charge is 2.38. The molecule has 0 aliphatic carbocycles. The van der Waals surface area contributed by atoms with Crippen LogP contribution < -0.4 is 5.32 Å². The summed E-state index contributed by atoms with van der Waals surface area (Å²) in [6, 6.07) is 31.5. The molecule has 0 radical (unpaired) electrons. The maximum Gasteiger partial charge on any atom is 0.0951 e. The van der Waals surface area contributed by atoms with Crippen LogP contribution in [0.25, 0.3) is 0 Å². The van der Waals surface area contributed by atoms with Crippen LogP contribution in [0.3, 0.4) is 0 Å². The predicted molar refractivity (Wildman–Crippen MR) is 126 cm³/mol. The minimum Gasteiger partial charge on any atom is -0.395 e. The summed E-state index contributed by atoms with van der Waals surface area (Å²) in [5.41, 5.74) is 2.92. The number of nitrogens with zero attached hydrogens (tertiary/aromatic N) is 1. The first-order valence-corrected chi connectivity index (χ1v) is 10.8. The third-order valence-electron chi connectivity index (χ3n) is 5.47. The fraction of sp³-hybridized carbons (Fsp3) is 0.333. The Morgan fingerprint density at radius 1 is 0.733 bits per heavy atom. The summed E-state index contributed by atoms with van der Waals surface area (Å²) < 4.78 is 0. The first-order chi connectivity index (χ1) is 14.6. The highest BCUT2D eigenvalue weighted by atomic mass is 16.3. The van der Waals surface area contributed by atoms with E-state index in [1.165, 1.54) is 0 Å². The van der Waals surface area contributed by atoms with Gasteiger partial charge in [-0.25, -0.2) is 0 Å². The van der Waals surface area contributed by atoms with Crippen molar-refractivity contribution >= 4 is 0 Å². The quantitative estimate of drug-likeness (QED) is 0.490. The first-order valence-electron chi connectivity index (χ1n) is 10.8. The van der Waals surface area contributed by atoms with Crippen molar-refractivity contribution in [2.24, 2.45) is 5.92 Å². The molecule has 3 nitrogen and oxygen atoms in total. The molecule has 3 rings (SSSR count). The Labute approximate surface area is 181 Å². The minimum absolute atomic E-state index is 0.0662. The lowest BCUT2D eigenvalue weighted by Crippen LogP contribution is -2.54. The van der Waals surface area contributed by atoms with E-state index in [0.29, 0.717) is 5.92 Å². The molecule has 158 valence electrons. The summed E-state index contributed by atoms with van der Waals surface area (Å²) in [4.78, 5) is 2.30. The van der Waals surface area contributed by atoms with Crippen molar-refractivity contribution in [3.8, 4) is 0 Å². The van der Waals surface area contributed by atoms with Crippen molar-refractivity contribution in [2.45, 2.75) is 25.4 Å². The van der Waals surface area contributed by atoms with E-state index in [1.807, 2.05) is 18.2 Å². The van der Waals surface area contributed by atoms with Crippen LogP contribution in [0, 0.1) is 5.92 Å². The molecule has 0 spiro atoms. The zero-order valence-corrected chi connectivity index (χ0v) is 18.3. The van der Waals surface area contributed by atoms with Crippen molar-refractivity contribution < 1.29 is 5.11 Å². The third-order valence-corrected chi connectivity index (χ3v) is 5.47. The van der Waals surface area contributed by atoms with Crippen molar-refractivity contribution in [1.82, 2.24) is 10.2 Å². The van der Waals surface area contributed by atoms with Crippen molar-refractivity contribution in [3.05, 3.63) is 108 Å². The zero-order chi connectivity index (χ0) is 21.4. The monoisotopic (exact) mass is 402 g/mol. The summed E-state index contributed by atoms with van der Waals surface area (Å²) in [6.45, 7) is 6.27. The molecule has 2 N–H and O–H groups in total. The van der Waals surface area contributed by atoms with Crippen LogP contribution in [0.2, 0.25) is 0 Å². The number of aliphatic hydroxyl groups excluding tert-OH is 1. The van der Waals surface area contributed by atoms with Crippen molar-refractivity contribution in [2.75, 3.05) is 26.7 Å². The van der Waals surface area contributed by atoms with E-state index in [-0.39, 0.29) is 12.6 Å². The molecular formula is C27H34N2O. The standard InChI is InChI=1S/C27H34N2O/c1-22(2)19-29(3)20-26(21-30)28-27(23-13-7-4-8-14-23,24-15-9-5-10-16-24)25-17-11-6-12-18-25/h4-18,22,26,28,30H,19-21H2,1-3H3. The van der Waals surface area contributed by atoms with Gasteiger partial charge in [0, 0.05) is 19.1 Å². The van der Waals surface area contributed by atoms with Gasteiger partial charge in [0.15, 0.2) is 0 Å². The second-order valence-corrected chi connectivity index (χ2v) is 8.49. The Hall–Kier alpha value is -2.46. The Morgan fingerprint density at radius 2 is 1.13 bits per heavy atom. The Morgan fingerprint density at radius 3 is 1.47 bits per heavy atom. The molecule has 3 heteroatoms. The van der Waals surface area contributed by atoms with E-state index in [9.17, 15) is 5.11 Å². The van der Waals surface area contributed by atoms with Gasteiger partial charge in [-0.15, -0.1) is 0 Å². The number of nitrogens with one attached hydrogen (secondary N) is 1. The fourth-order valence-corrected chi connectivity index (χ4v) is 4.34. The van der Waals surface area contributed by atoms with Gasteiger partial charge in [0.25, 0.3) is 0 Å². The summed E-state index contributed by atoms with van der Waals surface area (Å²) in [5.74, 6) is 0.580. The van der Waals surface area contributed by atoms with Gasteiger partial charge in [0.1, 0.15) is 0 Å². The largest absolute Gasteiger partial charge is 0.395 e. The number of benzene rings is 3. The second kappa shape index (κ2) is 10.5. The molecule has 0 bridgehead atoms. The molecule has 0 amide bonds. The van der Waals surface area contributed by atoms with Gasteiger partial charge in [0.2, 0.25) is 0 Å². The molecule has 0 saturated heterocycles. The molecule has 30 heavy (non-hydrogen) atoms. The molecule has 0 aromatic heterocycles. The van der Waals surface area contributed by atoms with Gasteiger partial charge in [-0.2, -0.15) is 0 Å². The lowest BCUT2D eigenvalue weighted by Gasteiger charge is -2.40. The molecule has 1 unspecified atom stereocenters. The highest BCUT2D eigenvalue weighted by molar-refractivity contribution is 5.49.